The standard InChI is InChI=1S/C26H36ClN7O3S/c1-6-11-38(35,36)25-22(15-34(5)33-25)30-24-20(27)14-29-26(32-24)31-21-12-17(4)19(13-23(21)37-16(2)3)18-7-9-28-10-8-18/h12-16,18,28H,6-11H2,1-5H3,(H2,29,30,31,32). The number of nitrogens with one attached hydrogen (secondary N) is 3. The summed E-state index contributed by atoms with van der Waals surface area (Å²) in [7, 11) is -1.90. The van der Waals surface area contributed by atoms with Crippen LogP contribution in [0.15, 0.2) is 29.6 Å². The molecule has 0 spiro atoms. The summed E-state index contributed by atoms with van der Waals surface area (Å²) in [6.45, 7) is 9.93. The van der Waals surface area contributed by atoms with Gasteiger partial charge in [0, 0.05) is 13.2 Å². The van der Waals surface area contributed by atoms with Crippen molar-refractivity contribution in [1.29, 1.82) is 0 Å². The molecule has 0 unspecified atom stereocenters. The number of hydrogen-bond donors (Lipinski definition) is 3. The molecular weight excluding hydrogens is 526 g/mol. The molecule has 0 saturated carbocycles. The van der Waals surface area contributed by atoms with Gasteiger partial charge in [-0.05, 0) is 82.3 Å². The minimum absolute atomic E-state index is 0.00561. The summed E-state index contributed by atoms with van der Waals surface area (Å²) >= 11 is 6.39. The van der Waals surface area contributed by atoms with Crippen molar-refractivity contribution < 1.29 is 13.2 Å². The van der Waals surface area contributed by atoms with Crippen molar-refractivity contribution in [2.45, 2.75) is 64.0 Å². The highest BCUT2D eigenvalue weighted by atomic mass is 35.5. The Kier molecular flexibility index (Phi) is 8.79. The third-order valence-electron chi connectivity index (χ3n) is 6.32. The lowest BCUT2D eigenvalue weighted by Gasteiger charge is -2.26. The highest BCUT2D eigenvalue weighted by Gasteiger charge is 2.24. The van der Waals surface area contributed by atoms with Crippen LogP contribution in [0, 0.1) is 6.92 Å². The molecule has 206 valence electrons. The summed E-state index contributed by atoms with van der Waals surface area (Å²) in [6, 6.07) is 4.19. The molecule has 3 N–H and O–H groups in total. The maximum atomic E-state index is 12.7. The van der Waals surface area contributed by atoms with E-state index in [1.807, 2.05) is 20.8 Å². The van der Waals surface area contributed by atoms with Gasteiger partial charge in [0.1, 0.15) is 10.8 Å². The third-order valence-corrected chi connectivity index (χ3v) is 8.43. The van der Waals surface area contributed by atoms with E-state index in [9.17, 15) is 8.42 Å². The molecule has 12 heteroatoms. The molecule has 0 bridgehead atoms. The molecule has 0 radical (unpaired) electrons. The fourth-order valence-electron chi connectivity index (χ4n) is 4.64. The van der Waals surface area contributed by atoms with E-state index in [1.54, 1.807) is 13.2 Å². The quantitative estimate of drug-likeness (QED) is 0.310. The topological polar surface area (TPSA) is 123 Å². The normalized spacial score (nSPS) is 14.6. The van der Waals surface area contributed by atoms with Crippen molar-refractivity contribution in [3.63, 3.8) is 0 Å². The molecule has 0 atom stereocenters. The van der Waals surface area contributed by atoms with E-state index in [2.05, 4.69) is 50.1 Å². The zero-order valence-electron chi connectivity index (χ0n) is 22.5. The minimum Gasteiger partial charge on any atom is -0.489 e. The molecule has 1 saturated heterocycles. The Morgan fingerprint density at radius 3 is 2.63 bits per heavy atom. The van der Waals surface area contributed by atoms with E-state index >= 15 is 0 Å². The largest absolute Gasteiger partial charge is 0.489 e. The SMILES string of the molecule is CCCS(=O)(=O)c1nn(C)cc1Nc1nc(Nc2cc(C)c(C3CCNCC3)cc2OC(C)C)ncc1Cl. The maximum Gasteiger partial charge on any atom is 0.229 e. The van der Waals surface area contributed by atoms with Crippen LogP contribution in [-0.4, -0.2) is 53.1 Å². The summed E-state index contributed by atoms with van der Waals surface area (Å²) in [5, 5.41) is 14.1. The first kappa shape index (κ1) is 28.1. The molecule has 3 heterocycles. The zero-order chi connectivity index (χ0) is 27.4. The summed E-state index contributed by atoms with van der Waals surface area (Å²) in [6.07, 6.45) is 5.71. The van der Waals surface area contributed by atoms with Crippen LogP contribution in [-0.2, 0) is 16.9 Å². The van der Waals surface area contributed by atoms with Gasteiger partial charge in [0.05, 0.1) is 29.4 Å². The van der Waals surface area contributed by atoms with Gasteiger partial charge in [-0.1, -0.05) is 18.5 Å². The zero-order valence-corrected chi connectivity index (χ0v) is 24.1. The number of halogens is 1. The second-order valence-corrected chi connectivity index (χ2v) is 12.3. The number of benzene rings is 1. The fourth-order valence-corrected chi connectivity index (χ4v) is 6.20. The number of ether oxygens (including phenoxy) is 1. The fraction of sp³-hybridized carbons (Fsp3) is 0.500. The number of sulfone groups is 1. The van der Waals surface area contributed by atoms with E-state index in [0.29, 0.717) is 24.0 Å². The van der Waals surface area contributed by atoms with Gasteiger partial charge in [-0.2, -0.15) is 10.1 Å². The van der Waals surface area contributed by atoms with Gasteiger partial charge in [-0.3, -0.25) is 4.68 Å². The first-order chi connectivity index (χ1) is 18.1. The Hall–Kier alpha value is -2.89. The van der Waals surface area contributed by atoms with Gasteiger partial charge >= 0.3 is 0 Å². The summed E-state index contributed by atoms with van der Waals surface area (Å²) in [5.41, 5.74) is 3.52. The van der Waals surface area contributed by atoms with Gasteiger partial charge in [0.25, 0.3) is 0 Å². The van der Waals surface area contributed by atoms with Crippen molar-refractivity contribution in [1.82, 2.24) is 25.1 Å². The van der Waals surface area contributed by atoms with E-state index in [1.165, 1.54) is 22.0 Å². The molecule has 3 aromatic rings. The minimum atomic E-state index is -3.56. The Labute approximate surface area is 229 Å². The second-order valence-electron chi connectivity index (χ2n) is 9.88. The molecule has 1 aliphatic rings. The molecule has 1 aliphatic heterocycles. The van der Waals surface area contributed by atoms with Crippen LogP contribution in [0.1, 0.15) is 57.1 Å². The third kappa shape index (κ3) is 6.57. The van der Waals surface area contributed by atoms with Crippen molar-refractivity contribution in [3.8, 4) is 5.75 Å². The van der Waals surface area contributed by atoms with Gasteiger partial charge in [-0.15, -0.1) is 0 Å². The number of aryl methyl sites for hydroxylation is 2. The van der Waals surface area contributed by atoms with Crippen molar-refractivity contribution in [2.75, 3.05) is 29.5 Å². The van der Waals surface area contributed by atoms with Gasteiger partial charge in [0.2, 0.25) is 11.0 Å². The summed E-state index contributed by atoms with van der Waals surface area (Å²) < 4.78 is 33.1. The number of nitrogens with zero attached hydrogens (tertiary/aromatic N) is 4. The first-order valence-electron chi connectivity index (χ1n) is 12.9. The summed E-state index contributed by atoms with van der Waals surface area (Å²) in [4.78, 5) is 8.89. The molecule has 10 nitrogen and oxygen atoms in total. The number of anilines is 4. The molecular formula is C26H36ClN7O3S. The lowest BCUT2D eigenvalue weighted by Crippen LogP contribution is -2.27. The van der Waals surface area contributed by atoms with Crippen molar-refractivity contribution in [3.05, 3.63) is 40.7 Å². The Morgan fingerprint density at radius 2 is 1.95 bits per heavy atom. The number of hydrogen-bond acceptors (Lipinski definition) is 9. The summed E-state index contributed by atoms with van der Waals surface area (Å²) in [5.74, 6) is 1.77. The Bertz CT molecular complexity index is 1390. The highest BCUT2D eigenvalue weighted by Crippen LogP contribution is 2.37. The molecule has 4 rings (SSSR count). The van der Waals surface area contributed by atoms with Gasteiger partial charge in [0.15, 0.2) is 15.7 Å². The van der Waals surface area contributed by atoms with E-state index < -0.39 is 9.84 Å². The molecule has 1 fully saturated rings. The highest BCUT2D eigenvalue weighted by molar-refractivity contribution is 7.91. The van der Waals surface area contributed by atoms with Crippen LogP contribution in [0.3, 0.4) is 0 Å². The Morgan fingerprint density at radius 1 is 1.21 bits per heavy atom. The van der Waals surface area contributed by atoms with Crippen LogP contribution >= 0.6 is 11.6 Å². The van der Waals surface area contributed by atoms with Gasteiger partial charge < -0.3 is 20.7 Å². The van der Waals surface area contributed by atoms with Gasteiger partial charge in [-0.25, -0.2) is 13.4 Å². The predicted molar refractivity (Wildman–Crippen MR) is 151 cm³/mol. The van der Waals surface area contributed by atoms with Crippen molar-refractivity contribution >= 4 is 44.6 Å². The number of piperidine rings is 1. The van der Waals surface area contributed by atoms with E-state index in [0.717, 1.165) is 37.4 Å². The first-order valence-corrected chi connectivity index (χ1v) is 14.9. The lowest BCUT2D eigenvalue weighted by atomic mass is 9.87. The molecule has 0 amide bonds. The van der Waals surface area contributed by atoms with Crippen LogP contribution < -0.4 is 20.7 Å². The van der Waals surface area contributed by atoms with Crippen LogP contribution in [0.5, 0.6) is 5.75 Å². The second kappa shape index (κ2) is 11.9. The number of aromatic nitrogens is 4. The molecule has 38 heavy (non-hydrogen) atoms. The van der Waals surface area contributed by atoms with E-state index in [-0.39, 0.29) is 27.7 Å². The maximum absolute atomic E-state index is 12.7. The Balaban J connectivity index is 1.65. The van der Waals surface area contributed by atoms with Crippen LogP contribution in [0.2, 0.25) is 5.02 Å². The van der Waals surface area contributed by atoms with Crippen LogP contribution in [0.4, 0.5) is 23.1 Å². The van der Waals surface area contributed by atoms with Crippen molar-refractivity contribution in [2.24, 2.45) is 7.05 Å². The predicted octanol–water partition coefficient (Wildman–Crippen LogP) is 5.10. The molecule has 0 aliphatic carbocycles. The molecule has 1 aromatic carbocycles. The molecule has 2 aromatic heterocycles. The number of rotatable bonds is 10. The van der Waals surface area contributed by atoms with Crippen LogP contribution in [0.25, 0.3) is 0 Å². The lowest BCUT2D eigenvalue weighted by molar-refractivity contribution is 0.243. The smallest absolute Gasteiger partial charge is 0.229 e. The van der Waals surface area contributed by atoms with E-state index in [4.69, 9.17) is 16.3 Å². The average Bonchev–Trinajstić information content (AvgIpc) is 3.24. The average molecular weight is 562 g/mol. The monoisotopic (exact) mass is 561 g/mol.